The number of nitrogens with zero attached hydrogens (tertiary/aromatic N) is 2. The third-order valence-electron chi connectivity index (χ3n) is 3.14. The molecule has 1 aromatic carbocycles. The van der Waals surface area contributed by atoms with E-state index in [1.165, 1.54) is 16.0 Å². The van der Waals surface area contributed by atoms with Crippen molar-refractivity contribution in [2.45, 2.75) is 33.4 Å². The molecule has 0 amide bonds. The van der Waals surface area contributed by atoms with E-state index < -0.39 is 0 Å². The molecule has 3 heteroatoms. The van der Waals surface area contributed by atoms with E-state index in [0.29, 0.717) is 6.04 Å². The van der Waals surface area contributed by atoms with Crippen molar-refractivity contribution in [2.24, 2.45) is 0 Å². The predicted molar refractivity (Wildman–Crippen MR) is 78.9 cm³/mol. The van der Waals surface area contributed by atoms with Crippen molar-refractivity contribution in [3.63, 3.8) is 0 Å². The lowest BCUT2D eigenvalue weighted by Gasteiger charge is -2.19. The SMILES string of the molecule is Cc1ccc(-c2ncc(CN(C)C(C)C)s2)cc1. The summed E-state index contributed by atoms with van der Waals surface area (Å²) < 4.78 is 0. The Morgan fingerprint density at radius 1 is 1.22 bits per heavy atom. The molecule has 2 aromatic rings. The number of hydrogen-bond acceptors (Lipinski definition) is 3. The molecule has 0 bridgehead atoms. The molecule has 1 aromatic heterocycles. The Morgan fingerprint density at radius 3 is 2.50 bits per heavy atom. The maximum absolute atomic E-state index is 4.52. The van der Waals surface area contributed by atoms with Gasteiger partial charge in [0.05, 0.1) is 0 Å². The molecule has 0 spiro atoms. The van der Waals surface area contributed by atoms with Crippen molar-refractivity contribution in [1.29, 1.82) is 0 Å². The zero-order valence-corrected chi connectivity index (χ0v) is 12.3. The molecule has 0 saturated carbocycles. The van der Waals surface area contributed by atoms with E-state index in [9.17, 15) is 0 Å². The van der Waals surface area contributed by atoms with Gasteiger partial charge in [-0.25, -0.2) is 4.98 Å². The maximum atomic E-state index is 4.52. The highest BCUT2D eigenvalue weighted by Gasteiger charge is 2.08. The smallest absolute Gasteiger partial charge is 0.123 e. The highest BCUT2D eigenvalue weighted by Crippen LogP contribution is 2.26. The van der Waals surface area contributed by atoms with E-state index in [2.05, 4.69) is 62.0 Å². The molecule has 2 rings (SSSR count). The van der Waals surface area contributed by atoms with Gasteiger partial charge >= 0.3 is 0 Å². The Balaban J connectivity index is 2.13. The molecule has 0 atom stereocenters. The molecule has 0 unspecified atom stereocenters. The van der Waals surface area contributed by atoms with Crippen LogP contribution in [0.15, 0.2) is 30.5 Å². The standard InChI is InChI=1S/C15H20N2S/c1-11(2)17(4)10-14-9-16-15(18-14)13-7-5-12(3)6-8-13/h5-9,11H,10H2,1-4H3. The van der Waals surface area contributed by atoms with E-state index in [4.69, 9.17) is 0 Å². The first-order valence-corrected chi connectivity index (χ1v) is 7.10. The Hall–Kier alpha value is -1.19. The number of thiazole rings is 1. The van der Waals surface area contributed by atoms with Gasteiger partial charge in [-0.1, -0.05) is 29.8 Å². The Bertz CT molecular complexity index is 499. The van der Waals surface area contributed by atoms with Gasteiger partial charge in [-0.15, -0.1) is 11.3 Å². The fourth-order valence-corrected chi connectivity index (χ4v) is 2.62. The molecule has 0 N–H and O–H groups in total. The van der Waals surface area contributed by atoms with Gasteiger partial charge in [0.1, 0.15) is 5.01 Å². The minimum Gasteiger partial charge on any atom is -0.299 e. The second-order valence-electron chi connectivity index (χ2n) is 5.01. The fourth-order valence-electron chi connectivity index (χ4n) is 1.64. The molecule has 96 valence electrons. The molecular weight excluding hydrogens is 240 g/mol. The molecule has 18 heavy (non-hydrogen) atoms. The normalized spacial score (nSPS) is 11.4. The Morgan fingerprint density at radius 2 is 1.89 bits per heavy atom. The third kappa shape index (κ3) is 3.18. The van der Waals surface area contributed by atoms with Crippen molar-refractivity contribution in [2.75, 3.05) is 7.05 Å². The zero-order valence-electron chi connectivity index (χ0n) is 11.5. The van der Waals surface area contributed by atoms with Crippen LogP contribution in [0, 0.1) is 6.92 Å². The number of rotatable bonds is 4. The van der Waals surface area contributed by atoms with Gasteiger partial charge in [0.15, 0.2) is 0 Å². The van der Waals surface area contributed by atoms with E-state index in [1.54, 1.807) is 11.3 Å². The van der Waals surface area contributed by atoms with Gasteiger partial charge in [0.2, 0.25) is 0 Å². The van der Waals surface area contributed by atoms with Gasteiger partial charge in [-0.05, 0) is 27.8 Å². The summed E-state index contributed by atoms with van der Waals surface area (Å²) in [5, 5.41) is 1.11. The van der Waals surface area contributed by atoms with E-state index in [-0.39, 0.29) is 0 Å². The van der Waals surface area contributed by atoms with Crippen LogP contribution in [0.5, 0.6) is 0 Å². The predicted octanol–water partition coefficient (Wildman–Crippen LogP) is 3.96. The first-order valence-electron chi connectivity index (χ1n) is 6.28. The highest BCUT2D eigenvalue weighted by atomic mass is 32.1. The summed E-state index contributed by atoms with van der Waals surface area (Å²) in [7, 11) is 2.15. The average molecular weight is 260 g/mol. The van der Waals surface area contributed by atoms with Gasteiger partial charge < -0.3 is 0 Å². The summed E-state index contributed by atoms with van der Waals surface area (Å²) >= 11 is 1.78. The molecule has 0 aliphatic rings. The molecule has 2 nitrogen and oxygen atoms in total. The van der Waals surface area contributed by atoms with Crippen LogP contribution in [-0.4, -0.2) is 23.0 Å². The lowest BCUT2D eigenvalue weighted by atomic mass is 10.2. The molecule has 0 aliphatic carbocycles. The Labute approximate surface area is 113 Å². The molecule has 1 heterocycles. The third-order valence-corrected chi connectivity index (χ3v) is 4.17. The van der Waals surface area contributed by atoms with E-state index >= 15 is 0 Å². The van der Waals surface area contributed by atoms with Crippen LogP contribution < -0.4 is 0 Å². The second kappa shape index (κ2) is 5.63. The summed E-state index contributed by atoms with van der Waals surface area (Å²) in [6.07, 6.45) is 2.00. The van der Waals surface area contributed by atoms with Gasteiger partial charge in [-0.3, -0.25) is 4.90 Å². The lowest BCUT2D eigenvalue weighted by molar-refractivity contribution is 0.268. The van der Waals surface area contributed by atoms with Crippen LogP contribution >= 0.6 is 11.3 Å². The van der Waals surface area contributed by atoms with Crippen LogP contribution in [-0.2, 0) is 6.54 Å². The van der Waals surface area contributed by atoms with Crippen molar-refractivity contribution in [1.82, 2.24) is 9.88 Å². The van der Waals surface area contributed by atoms with Crippen molar-refractivity contribution >= 4 is 11.3 Å². The highest BCUT2D eigenvalue weighted by molar-refractivity contribution is 7.15. The maximum Gasteiger partial charge on any atom is 0.123 e. The number of aromatic nitrogens is 1. The monoisotopic (exact) mass is 260 g/mol. The molecule has 0 aliphatic heterocycles. The molecule has 0 saturated heterocycles. The topological polar surface area (TPSA) is 16.1 Å². The van der Waals surface area contributed by atoms with E-state index in [1.807, 2.05) is 6.20 Å². The summed E-state index contributed by atoms with van der Waals surface area (Å²) in [5.41, 5.74) is 2.50. The van der Waals surface area contributed by atoms with Crippen LogP contribution in [0.25, 0.3) is 10.6 Å². The lowest BCUT2D eigenvalue weighted by Crippen LogP contribution is -2.25. The van der Waals surface area contributed by atoms with Gasteiger partial charge in [0, 0.05) is 29.2 Å². The first-order chi connectivity index (χ1) is 8.56. The van der Waals surface area contributed by atoms with Crippen molar-refractivity contribution < 1.29 is 0 Å². The fraction of sp³-hybridized carbons (Fsp3) is 0.400. The number of benzene rings is 1. The van der Waals surface area contributed by atoms with Crippen LogP contribution in [0.2, 0.25) is 0 Å². The van der Waals surface area contributed by atoms with Gasteiger partial charge in [0.25, 0.3) is 0 Å². The average Bonchev–Trinajstić information content (AvgIpc) is 2.78. The van der Waals surface area contributed by atoms with Crippen LogP contribution in [0.3, 0.4) is 0 Å². The molecular formula is C15H20N2S. The van der Waals surface area contributed by atoms with Crippen LogP contribution in [0.4, 0.5) is 0 Å². The quantitative estimate of drug-likeness (QED) is 0.827. The largest absolute Gasteiger partial charge is 0.299 e. The Kier molecular flexibility index (Phi) is 4.15. The minimum atomic E-state index is 0.565. The van der Waals surface area contributed by atoms with Crippen LogP contribution in [0.1, 0.15) is 24.3 Å². The summed E-state index contributed by atoms with van der Waals surface area (Å²) in [6, 6.07) is 9.12. The number of hydrogen-bond donors (Lipinski definition) is 0. The summed E-state index contributed by atoms with van der Waals surface area (Å²) in [4.78, 5) is 8.17. The molecule has 0 fully saturated rings. The minimum absolute atomic E-state index is 0.565. The zero-order chi connectivity index (χ0) is 13.1. The van der Waals surface area contributed by atoms with E-state index in [0.717, 1.165) is 11.6 Å². The van der Waals surface area contributed by atoms with Crippen molar-refractivity contribution in [3.05, 3.63) is 40.9 Å². The van der Waals surface area contributed by atoms with Crippen molar-refractivity contribution in [3.8, 4) is 10.6 Å². The first kappa shape index (κ1) is 13.2. The summed E-state index contributed by atoms with van der Waals surface area (Å²) in [5.74, 6) is 0. The number of aryl methyl sites for hydroxylation is 1. The molecule has 0 radical (unpaired) electrons. The second-order valence-corrected chi connectivity index (χ2v) is 6.12. The van der Waals surface area contributed by atoms with Gasteiger partial charge in [-0.2, -0.15) is 0 Å². The summed E-state index contributed by atoms with van der Waals surface area (Å²) in [6.45, 7) is 7.50.